The lowest BCUT2D eigenvalue weighted by molar-refractivity contribution is -0.128. The number of benzene rings is 2. The fourth-order valence-electron chi connectivity index (χ4n) is 1.66. The zero-order valence-electron chi connectivity index (χ0n) is 11.7. The molecule has 2 rings (SSSR count). The van der Waals surface area contributed by atoms with Crippen LogP contribution in [0.25, 0.3) is 0 Å². The normalized spacial score (nSPS) is 11.0. The van der Waals surface area contributed by atoms with Crippen molar-refractivity contribution in [2.75, 3.05) is 5.32 Å². The largest absolute Gasteiger partial charge is 0.478 e. The van der Waals surface area contributed by atoms with Crippen LogP contribution in [0, 0.1) is 5.82 Å². The predicted molar refractivity (Wildman–Crippen MR) is 81.2 cm³/mol. The highest BCUT2D eigenvalue weighted by Crippen LogP contribution is 2.22. The van der Waals surface area contributed by atoms with Crippen LogP contribution in [0.1, 0.15) is 13.8 Å². The number of amides is 1. The molecule has 21 heavy (non-hydrogen) atoms. The molecule has 0 aliphatic rings. The summed E-state index contributed by atoms with van der Waals surface area (Å²) in [7, 11) is 0. The van der Waals surface area contributed by atoms with Gasteiger partial charge in [0, 0.05) is 10.7 Å². The molecule has 1 amide bonds. The lowest BCUT2D eigenvalue weighted by Crippen LogP contribution is -2.42. The van der Waals surface area contributed by atoms with Crippen molar-refractivity contribution in [3.63, 3.8) is 0 Å². The van der Waals surface area contributed by atoms with Gasteiger partial charge < -0.3 is 10.1 Å². The molecule has 0 aromatic heterocycles. The molecule has 0 fully saturated rings. The maximum absolute atomic E-state index is 12.8. The lowest BCUT2D eigenvalue weighted by atomic mass is 10.1. The highest BCUT2D eigenvalue weighted by molar-refractivity contribution is 6.30. The fraction of sp³-hybridized carbons (Fsp3) is 0.188. The number of hydrogen-bond donors (Lipinski definition) is 1. The first-order valence-corrected chi connectivity index (χ1v) is 6.76. The molecule has 0 atom stereocenters. The first-order chi connectivity index (χ1) is 9.87. The Bertz CT molecular complexity index is 624. The number of rotatable bonds is 4. The first-order valence-electron chi connectivity index (χ1n) is 6.38. The second kappa shape index (κ2) is 6.14. The zero-order valence-corrected chi connectivity index (χ0v) is 12.4. The van der Waals surface area contributed by atoms with Gasteiger partial charge in [0.25, 0.3) is 5.91 Å². The van der Waals surface area contributed by atoms with E-state index in [1.165, 1.54) is 24.3 Å². The van der Waals surface area contributed by atoms with Gasteiger partial charge >= 0.3 is 0 Å². The van der Waals surface area contributed by atoms with E-state index in [0.29, 0.717) is 16.5 Å². The van der Waals surface area contributed by atoms with Crippen LogP contribution in [0.15, 0.2) is 48.5 Å². The standard InChI is InChI=1S/C16H15ClFNO2/c1-16(2,21-14-9-3-11(17)4-10-14)15(20)19-13-7-5-12(18)6-8-13/h3-10H,1-2H3,(H,19,20). The third-order valence-corrected chi connectivity index (χ3v) is 3.09. The van der Waals surface area contributed by atoms with E-state index in [1.807, 2.05) is 0 Å². The van der Waals surface area contributed by atoms with E-state index < -0.39 is 5.60 Å². The van der Waals surface area contributed by atoms with E-state index in [2.05, 4.69) is 5.32 Å². The molecule has 2 aromatic rings. The van der Waals surface area contributed by atoms with E-state index in [0.717, 1.165) is 0 Å². The van der Waals surface area contributed by atoms with Crippen molar-refractivity contribution in [3.8, 4) is 5.75 Å². The van der Waals surface area contributed by atoms with Gasteiger partial charge in [0.05, 0.1) is 0 Å². The van der Waals surface area contributed by atoms with Gasteiger partial charge in [0.15, 0.2) is 5.60 Å². The van der Waals surface area contributed by atoms with Crippen LogP contribution in [-0.2, 0) is 4.79 Å². The van der Waals surface area contributed by atoms with Gasteiger partial charge in [0.1, 0.15) is 11.6 Å². The Morgan fingerprint density at radius 3 is 2.24 bits per heavy atom. The van der Waals surface area contributed by atoms with Gasteiger partial charge in [0.2, 0.25) is 0 Å². The Kier molecular flexibility index (Phi) is 4.48. The van der Waals surface area contributed by atoms with Crippen LogP contribution in [0.3, 0.4) is 0 Å². The maximum Gasteiger partial charge on any atom is 0.267 e. The third kappa shape index (κ3) is 4.20. The van der Waals surface area contributed by atoms with E-state index in [-0.39, 0.29) is 11.7 Å². The topological polar surface area (TPSA) is 38.3 Å². The third-order valence-electron chi connectivity index (χ3n) is 2.84. The van der Waals surface area contributed by atoms with Gasteiger partial charge in [-0.1, -0.05) is 11.6 Å². The molecule has 1 N–H and O–H groups in total. The molecular weight excluding hydrogens is 293 g/mol. The summed E-state index contributed by atoms with van der Waals surface area (Å²) in [5.41, 5.74) is -0.573. The summed E-state index contributed by atoms with van der Waals surface area (Å²) < 4.78 is 18.5. The first kappa shape index (κ1) is 15.3. The second-order valence-corrected chi connectivity index (χ2v) is 5.46. The summed E-state index contributed by atoms with van der Waals surface area (Å²) >= 11 is 5.80. The Labute approximate surface area is 127 Å². The van der Waals surface area contributed by atoms with Gasteiger partial charge in [-0.25, -0.2) is 4.39 Å². The Morgan fingerprint density at radius 1 is 1.10 bits per heavy atom. The summed E-state index contributed by atoms with van der Waals surface area (Å²) in [6.07, 6.45) is 0. The monoisotopic (exact) mass is 307 g/mol. The number of anilines is 1. The molecule has 0 aliphatic carbocycles. The zero-order chi connectivity index (χ0) is 15.5. The number of ether oxygens (including phenoxy) is 1. The van der Waals surface area contributed by atoms with Crippen molar-refractivity contribution in [1.29, 1.82) is 0 Å². The van der Waals surface area contributed by atoms with E-state index in [4.69, 9.17) is 16.3 Å². The molecule has 0 bridgehead atoms. The van der Waals surface area contributed by atoms with Crippen molar-refractivity contribution in [3.05, 3.63) is 59.4 Å². The van der Waals surface area contributed by atoms with Gasteiger partial charge in [-0.3, -0.25) is 4.79 Å². The van der Waals surface area contributed by atoms with Crippen molar-refractivity contribution in [1.82, 2.24) is 0 Å². The van der Waals surface area contributed by atoms with Crippen molar-refractivity contribution >= 4 is 23.2 Å². The molecule has 0 unspecified atom stereocenters. The number of carbonyl (C=O) groups excluding carboxylic acids is 1. The minimum atomic E-state index is -1.08. The number of carbonyl (C=O) groups is 1. The van der Waals surface area contributed by atoms with Gasteiger partial charge in [-0.2, -0.15) is 0 Å². The lowest BCUT2D eigenvalue weighted by Gasteiger charge is -2.25. The van der Waals surface area contributed by atoms with E-state index in [1.54, 1.807) is 38.1 Å². The average molecular weight is 308 g/mol. The smallest absolute Gasteiger partial charge is 0.267 e. The number of halogens is 2. The minimum absolute atomic E-state index is 0.330. The predicted octanol–water partition coefficient (Wildman–Crippen LogP) is 4.28. The summed E-state index contributed by atoms with van der Waals surface area (Å²) in [6.45, 7) is 3.31. The minimum Gasteiger partial charge on any atom is -0.478 e. The molecule has 0 radical (unpaired) electrons. The van der Waals surface area contributed by atoms with E-state index >= 15 is 0 Å². The second-order valence-electron chi connectivity index (χ2n) is 5.03. The molecule has 0 saturated carbocycles. The Morgan fingerprint density at radius 2 is 1.67 bits per heavy atom. The Hall–Kier alpha value is -2.07. The molecule has 2 aromatic carbocycles. The Balaban J connectivity index is 2.05. The SMILES string of the molecule is CC(C)(Oc1ccc(Cl)cc1)C(=O)Nc1ccc(F)cc1. The molecule has 0 heterocycles. The van der Waals surface area contributed by atoms with Crippen LogP contribution in [0.5, 0.6) is 5.75 Å². The molecule has 0 spiro atoms. The van der Waals surface area contributed by atoms with Crippen LogP contribution in [0.2, 0.25) is 5.02 Å². The molecule has 5 heteroatoms. The fourth-order valence-corrected chi connectivity index (χ4v) is 1.78. The summed E-state index contributed by atoms with van der Waals surface area (Å²) in [5, 5.41) is 3.28. The number of nitrogens with one attached hydrogen (secondary N) is 1. The van der Waals surface area contributed by atoms with Crippen molar-refractivity contribution in [2.24, 2.45) is 0 Å². The molecule has 0 saturated heterocycles. The average Bonchev–Trinajstić information content (AvgIpc) is 2.43. The highest BCUT2D eigenvalue weighted by Gasteiger charge is 2.30. The van der Waals surface area contributed by atoms with Crippen LogP contribution in [-0.4, -0.2) is 11.5 Å². The highest BCUT2D eigenvalue weighted by atomic mass is 35.5. The molecule has 0 aliphatic heterocycles. The van der Waals surface area contributed by atoms with Gasteiger partial charge in [-0.15, -0.1) is 0 Å². The van der Waals surface area contributed by atoms with E-state index in [9.17, 15) is 9.18 Å². The molecule has 110 valence electrons. The quantitative estimate of drug-likeness (QED) is 0.915. The van der Waals surface area contributed by atoms with Crippen molar-refractivity contribution in [2.45, 2.75) is 19.4 Å². The van der Waals surface area contributed by atoms with Crippen LogP contribution < -0.4 is 10.1 Å². The molecular formula is C16H15ClFNO2. The van der Waals surface area contributed by atoms with Crippen LogP contribution in [0.4, 0.5) is 10.1 Å². The van der Waals surface area contributed by atoms with Crippen molar-refractivity contribution < 1.29 is 13.9 Å². The maximum atomic E-state index is 12.8. The summed E-state index contributed by atoms with van der Waals surface area (Å²) in [4.78, 5) is 12.2. The summed E-state index contributed by atoms with van der Waals surface area (Å²) in [5.74, 6) is -0.146. The molecule has 3 nitrogen and oxygen atoms in total. The van der Waals surface area contributed by atoms with Gasteiger partial charge in [-0.05, 0) is 62.4 Å². The number of hydrogen-bond acceptors (Lipinski definition) is 2. The summed E-state index contributed by atoms with van der Waals surface area (Å²) in [6, 6.07) is 12.3. The van der Waals surface area contributed by atoms with Crippen LogP contribution >= 0.6 is 11.6 Å².